The van der Waals surface area contributed by atoms with E-state index in [1.807, 2.05) is 18.2 Å². The smallest absolute Gasteiger partial charge is 0.101 e. The minimum absolute atomic E-state index is 0.251. The van der Waals surface area contributed by atoms with Crippen molar-refractivity contribution in [3.8, 4) is 6.07 Å². The van der Waals surface area contributed by atoms with Crippen LogP contribution in [0.3, 0.4) is 0 Å². The number of nitriles is 1. The van der Waals surface area contributed by atoms with Crippen LogP contribution in [-0.4, -0.2) is 13.1 Å². The summed E-state index contributed by atoms with van der Waals surface area (Å²) in [6.07, 6.45) is 3.38. The Kier molecular flexibility index (Phi) is 4.01. The first-order chi connectivity index (χ1) is 8.91. The van der Waals surface area contributed by atoms with Crippen molar-refractivity contribution in [1.29, 1.82) is 5.26 Å². The zero-order valence-electron chi connectivity index (χ0n) is 11.7. The molecule has 1 aromatic carbocycles. The Morgan fingerprint density at radius 2 is 2.05 bits per heavy atom. The molecule has 2 rings (SSSR count). The molecule has 1 aliphatic heterocycles. The Morgan fingerprint density at radius 1 is 1.32 bits per heavy atom. The molecule has 0 saturated carbocycles. The van der Waals surface area contributed by atoms with Crippen molar-refractivity contribution in [2.24, 2.45) is 5.41 Å². The number of halogens is 1. The monoisotopic (exact) mass is 318 g/mol. The van der Waals surface area contributed by atoms with Crippen LogP contribution in [0.2, 0.25) is 0 Å². The lowest BCUT2D eigenvalue weighted by atomic mass is 9.83. The minimum atomic E-state index is 0.251. The van der Waals surface area contributed by atoms with E-state index in [2.05, 4.69) is 53.7 Å². The van der Waals surface area contributed by atoms with E-state index in [0.717, 1.165) is 35.2 Å². The Balaban J connectivity index is 2.25. The van der Waals surface area contributed by atoms with E-state index in [1.54, 1.807) is 0 Å². The first-order valence-electron chi connectivity index (χ1n) is 6.56. The quantitative estimate of drug-likeness (QED) is 0.713. The van der Waals surface area contributed by atoms with Crippen molar-refractivity contribution in [2.45, 2.75) is 27.2 Å². The van der Waals surface area contributed by atoms with Gasteiger partial charge in [-0.2, -0.15) is 5.26 Å². The first-order valence-corrected chi connectivity index (χ1v) is 7.35. The average Bonchev–Trinajstić information content (AvgIpc) is 2.38. The van der Waals surface area contributed by atoms with E-state index in [-0.39, 0.29) is 5.41 Å². The summed E-state index contributed by atoms with van der Waals surface area (Å²) in [6, 6.07) is 8.11. The maximum atomic E-state index is 9.21. The van der Waals surface area contributed by atoms with Crippen molar-refractivity contribution >= 4 is 21.6 Å². The molecule has 0 amide bonds. The molecule has 0 fully saturated rings. The van der Waals surface area contributed by atoms with Crippen LogP contribution >= 0.6 is 15.9 Å². The molecule has 0 bridgehead atoms. The molecule has 0 aromatic heterocycles. The van der Waals surface area contributed by atoms with Crippen LogP contribution < -0.4 is 4.90 Å². The van der Waals surface area contributed by atoms with Crippen LogP contribution in [0.5, 0.6) is 0 Å². The molecule has 19 heavy (non-hydrogen) atoms. The standard InChI is InChI=1S/C16H19BrN2/c1-16(2,3)13-6-8-19(9-7-13)15-10-14(17)5-4-12(15)11-18/h4-6,10H,7-9H2,1-3H3. The SMILES string of the molecule is CC(C)(C)C1=CCN(c2cc(Br)ccc2C#N)CC1. The fourth-order valence-corrected chi connectivity index (χ4v) is 2.78. The fraction of sp³-hybridized carbons (Fsp3) is 0.438. The molecule has 3 heteroatoms. The van der Waals surface area contributed by atoms with Gasteiger partial charge in [-0.15, -0.1) is 0 Å². The van der Waals surface area contributed by atoms with Crippen LogP contribution in [0.1, 0.15) is 32.8 Å². The molecule has 0 aliphatic carbocycles. The molecular weight excluding hydrogens is 300 g/mol. The summed E-state index contributed by atoms with van der Waals surface area (Å²) in [5.74, 6) is 0. The second-order valence-corrected chi connectivity index (χ2v) is 6.86. The zero-order chi connectivity index (χ0) is 14.0. The zero-order valence-corrected chi connectivity index (χ0v) is 13.3. The summed E-state index contributed by atoms with van der Waals surface area (Å²) in [4.78, 5) is 2.28. The third kappa shape index (κ3) is 3.19. The van der Waals surface area contributed by atoms with Crippen LogP contribution in [0.25, 0.3) is 0 Å². The van der Waals surface area contributed by atoms with E-state index in [0.29, 0.717) is 0 Å². The third-order valence-corrected chi connectivity index (χ3v) is 4.09. The molecule has 0 radical (unpaired) electrons. The topological polar surface area (TPSA) is 27.0 Å². The summed E-state index contributed by atoms with van der Waals surface area (Å²) in [6.45, 7) is 8.64. The summed E-state index contributed by atoms with van der Waals surface area (Å²) < 4.78 is 1.02. The van der Waals surface area contributed by atoms with Gasteiger partial charge in [0.05, 0.1) is 11.3 Å². The van der Waals surface area contributed by atoms with E-state index >= 15 is 0 Å². The highest BCUT2D eigenvalue weighted by Gasteiger charge is 2.22. The molecule has 100 valence electrons. The molecule has 0 N–H and O–H groups in total. The van der Waals surface area contributed by atoms with Gasteiger partial charge in [-0.05, 0) is 30.0 Å². The molecule has 0 unspecified atom stereocenters. The second-order valence-electron chi connectivity index (χ2n) is 5.95. The van der Waals surface area contributed by atoms with Crippen molar-refractivity contribution in [1.82, 2.24) is 0 Å². The van der Waals surface area contributed by atoms with Crippen molar-refractivity contribution in [3.05, 3.63) is 39.9 Å². The van der Waals surface area contributed by atoms with Gasteiger partial charge in [0.15, 0.2) is 0 Å². The van der Waals surface area contributed by atoms with Crippen molar-refractivity contribution < 1.29 is 0 Å². The molecular formula is C16H19BrN2. The molecule has 1 aromatic rings. The number of benzene rings is 1. The molecule has 1 heterocycles. The van der Waals surface area contributed by atoms with Gasteiger partial charge in [-0.25, -0.2) is 0 Å². The maximum Gasteiger partial charge on any atom is 0.101 e. The summed E-state index contributed by atoms with van der Waals surface area (Å²) in [7, 11) is 0. The van der Waals surface area contributed by atoms with Crippen LogP contribution in [0.4, 0.5) is 5.69 Å². The van der Waals surface area contributed by atoms with Gasteiger partial charge >= 0.3 is 0 Å². The summed E-state index contributed by atoms with van der Waals surface area (Å²) >= 11 is 3.48. The molecule has 1 aliphatic rings. The largest absolute Gasteiger partial charge is 0.366 e. The highest BCUT2D eigenvalue weighted by atomic mass is 79.9. The number of hydrogen-bond donors (Lipinski definition) is 0. The lowest BCUT2D eigenvalue weighted by Crippen LogP contribution is -2.31. The Bertz CT molecular complexity index is 547. The van der Waals surface area contributed by atoms with E-state index in [9.17, 15) is 5.26 Å². The lowest BCUT2D eigenvalue weighted by molar-refractivity contribution is 0.472. The summed E-state index contributed by atoms with van der Waals surface area (Å²) in [5, 5.41) is 9.21. The van der Waals surface area contributed by atoms with Gasteiger partial charge < -0.3 is 4.90 Å². The predicted molar refractivity (Wildman–Crippen MR) is 83.2 cm³/mol. The fourth-order valence-electron chi connectivity index (χ4n) is 2.43. The Hall–Kier alpha value is -1.27. The average molecular weight is 319 g/mol. The van der Waals surface area contributed by atoms with Crippen LogP contribution in [-0.2, 0) is 0 Å². The Labute approximate surface area is 123 Å². The van der Waals surface area contributed by atoms with Gasteiger partial charge in [0.2, 0.25) is 0 Å². The van der Waals surface area contributed by atoms with E-state index in [1.165, 1.54) is 5.57 Å². The van der Waals surface area contributed by atoms with Crippen molar-refractivity contribution in [3.63, 3.8) is 0 Å². The highest BCUT2D eigenvalue weighted by molar-refractivity contribution is 9.10. The summed E-state index contributed by atoms with van der Waals surface area (Å²) in [5.41, 5.74) is 3.54. The van der Waals surface area contributed by atoms with Gasteiger partial charge in [0.1, 0.15) is 6.07 Å². The lowest BCUT2D eigenvalue weighted by Gasteiger charge is -2.33. The van der Waals surface area contributed by atoms with Gasteiger partial charge in [-0.3, -0.25) is 0 Å². The molecule has 0 atom stereocenters. The van der Waals surface area contributed by atoms with Crippen LogP contribution in [0, 0.1) is 16.7 Å². The van der Waals surface area contributed by atoms with Gasteiger partial charge in [-0.1, -0.05) is 48.4 Å². The number of anilines is 1. The minimum Gasteiger partial charge on any atom is -0.366 e. The number of nitrogens with zero attached hydrogens (tertiary/aromatic N) is 2. The molecule has 0 saturated heterocycles. The van der Waals surface area contributed by atoms with Gasteiger partial charge in [0, 0.05) is 17.6 Å². The maximum absolute atomic E-state index is 9.21. The normalized spacial score (nSPS) is 15.9. The van der Waals surface area contributed by atoms with Crippen LogP contribution in [0.15, 0.2) is 34.3 Å². The second kappa shape index (κ2) is 5.38. The third-order valence-electron chi connectivity index (χ3n) is 3.59. The highest BCUT2D eigenvalue weighted by Crippen LogP contribution is 2.33. The van der Waals surface area contributed by atoms with E-state index in [4.69, 9.17) is 0 Å². The molecule has 0 spiro atoms. The predicted octanol–water partition coefficient (Wildman–Crippen LogP) is 4.50. The van der Waals surface area contributed by atoms with Gasteiger partial charge in [0.25, 0.3) is 0 Å². The number of hydrogen-bond acceptors (Lipinski definition) is 2. The number of rotatable bonds is 1. The molecule has 2 nitrogen and oxygen atoms in total. The Morgan fingerprint density at radius 3 is 2.58 bits per heavy atom. The first kappa shape index (κ1) is 14.1. The van der Waals surface area contributed by atoms with Crippen molar-refractivity contribution in [2.75, 3.05) is 18.0 Å². The van der Waals surface area contributed by atoms with E-state index < -0.39 is 0 Å².